The quantitative estimate of drug-likeness (QED) is 0.827. The molecule has 1 amide bonds. The molecule has 2 aromatic rings. The van der Waals surface area contributed by atoms with Gasteiger partial charge < -0.3 is 5.32 Å². The molecule has 0 aliphatic carbocycles. The molecule has 0 radical (unpaired) electrons. The second kappa shape index (κ2) is 6.55. The van der Waals surface area contributed by atoms with E-state index in [1.807, 2.05) is 0 Å². The van der Waals surface area contributed by atoms with Crippen LogP contribution in [-0.4, -0.2) is 21.2 Å². The Balaban J connectivity index is 1.72. The molecule has 2 heterocycles. The van der Waals surface area contributed by atoms with Crippen LogP contribution >= 0.6 is 11.8 Å². The molecule has 5 nitrogen and oxygen atoms in total. The van der Waals surface area contributed by atoms with E-state index in [0.29, 0.717) is 16.5 Å². The Morgan fingerprint density at radius 2 is 2.00 bits per heavy atom. The summed E-state index contributed by atoms with van der Waals surface area (Å²) in [5.41, 5.74) is -0.193. The van der Waals surface area contributed by atoms with E-state index >= 15 is 0 Å². The van der Waals surface area contributed by atoms with Crippen molar-refractivity contribution in [2.45, 2.75) is 24.8 Å². The molecule has 0 saturated carbocycles. The second-order valence-electron chi connectivity index (χ2n) is 5.71. The van der Waals surface area contributed by atoms with Crippen LogP contribution in [0.3, 0.4) is 0 Å². The van der Waals surface area contributed by atoms with Gasteiger partial charge in [-0.3, -0.25) is 14.2 Å². The maximum Gasteiger partial charge on any atom is 0.416 e. The fourth-order valence-corrected chi connectivity index (χ4v) is 3.49. The van der Waals surface area contributed by atoms with Crippen LogP contribution in [0.4, 0.5) is 18.9 Å². The number of hydrogen-bond acceptors (Lipinski definition) is 4. The number of carbonyl (C=O) groups excluding carboxylic acids is 1. The van der Waals surface area contributed by atoms with Gasteiger partial charge >= 0.3 is 6.18 Å². The summed E-state index contributed by atoms with van der Waals surface area (Å²) < 4.78 is 39.1. The molecule has 9 heteroatoms. The molecule has 1 unspecified atom stereocenters. The van der Waals surface area contributed by atoms with Gasteiger partial charge in [0.25, 0.3) is 5.56 Å². The molecule has 1 aliphatic rings. The largest absolute Gasteiger partial charge is 0.416 e. The van der Waals surface area contributed by atoms with Gasteiger partial charge in [0.2, 0.25) is 5.91 Å². The molecule has 1 N–H and O–H groups in total. The van der Waals surface area contributed by atoms with E-state index in [2.05, 4.69) is 10.3 Å². The van der Waals surface area contributed by atoms with Gasteiger partial charge in [-0.25, -0.2) is 4.98 Å². The smallest absolute Gasteiger partial charge is 0.326 e. The van der Waals surface area contributed by atoms with Gasteiger partial charge in [0.1, 0.15) is 0 Å². The summed E-state index contributed by atoms with van der Waals surface area (Å²) in [6, 6.07) is 4.25. The highest BCUT2D eigenvalue weighted by Crippen LogP contribution is 2.30. The summed E-state index contributed by atoms with van der Waals surface area (Å²) in [7, 11) is 0. The maximum atomic E-state index is 12.6. The molecular weight excluding hydrogens is 355 g/mol. The molecule has 0 saturated heterocycles. The lowest BCUT2D eigenvalue weighted by Gasteiger charge is -2.24. The van der Waals surface area contributed by atoms with E-state index in [9.17, 15) is 22.8 Å². The summed E-state index contributed by atoms with van der Waals surface area (Å²) >= 11 is 1.31. The van der Waals surface area contributed by atoms with Crippen molar-refractivity contribution in [1.29, 1.82) is 0 Å². The van der Waals surface area contributed by atoms with E-state index < -0.39 is 17.7 Å². The molecule has 0 bridgehead atoms. The molecule has 132 valence electrons. The molecule has 1 aliphatic heterocycles. The minimum absolute atomic E-state index is 0.190. The molecular formula is C16H14F3N3O2S. The lowest BCUT2D eigenvalue weighted by molar-refractivity contribution is -0.137. The predicted molar refractivity (Wildman–Crippen MR) is 87.5 cm³/mol. The number of thioether (sulfide) groups is 1. The van der Waals surface area contributed by atoms with Crippen LogP contribution in [-0.2, 0) is 17.5 Å². The van der Waals surface area contributed by atoms with E-state index in [4.69, 9.17) is 0 Å². The number of amides is 1. The van der Waals surface area contributed by atoms with Crippen molar-refractivity contribution in [3.63, 3.8) is 0 Å². The van der Waals surface area contributed by atoms with E-state index in [-0.39, 0.29) is 23.7 Å². The van der Waals surface area contributed by atoms with Crippen molar-refractivity contribution in [1.82, 2.24) is 9.55 Å². The number of rotatable bonds is 2. The number of hydrogen-bond donors (Lipinski definition) is 1. The average molecular weight is 369 g/mol. The number of halogens is 3. The summed E-state index contributed by atoms with van der Waals surface area (Å²) in [5.74, 6) is -0.366. The van der Waals surface area contributed by atoms with Gasteiger partial charge in [-0.05, 0) is 31.2 Å². The SMILES string of the molecule is Cc1cnc2n(c1=O)CC(C(=O)Nc1ccc(C(F)(F)F)cc1)CS2. The molecule has 1 aromatic heterocycles. The number of aryl methyl sites for hydroxylation is 1. The van der Waals surface area contributed by atoms with Crippen molar-refractivity contribution >= 4 is 23.4 Å². The highest BCUT2D eigenvalue weighted by Gasteiger charge is 2.30. The van der Waals surface area contributed by atoms with E-state index in [1.165, 1.54) is 34.7 Å². The van der Waals surface area contributed by atoms with Crippen molar-refractivity contribution in [2.75, 3.05) is 11.1 Å². The van der Waals surface area contributed by atoms with Gasteiger partial charge in [0, 0.05) is 29.7 Å². The van der Waals surface area contributed by atoms with Crippen molar-refractivity contribution in [3.8, 4) is 0 Å². The Hall–Kier alpha value is -2.29. The lowest BCUT2D eigenvalue weighted by atomic mass is 10.1. The Kier molecular flexibility index (Phi) is 4.59. The predicted octanol–water partition coefficient (Wildman–Crippen LogP) is 2.93. The number of benzene rings is 1. The Morgan fingerprint density at radius 3 is 2.64 bits per heavy atom. The first kappa shape index (κ1) is 17.5. The number of nitrogens with one attached hydrogen (secondary N) is 1. The first-order valence-corrected chi connectivity index (χ1v) is 8.41. The first-order chi connectivity index (χ1) is 11.8. The highest BCUT2D eigenvalue weighted by atomic mass is 32.2. The normalized spacial score (nSPS) is 17.0. The monoisotopic (exact) mass is 369 g/mol. The Morgan fingerprint density at radius 1 is 1.32 bits per heavy atom. The van der Waals surface area contributed by atoms with Crippen LogP contribution in [0.25, 0.3) is 0 Å². The molecule has 0 spiro atoms. The summed E-state index contributed by atoms with van der Waals surface area (Å²) in [6.45, 7) is 1.85. The van der Waals surface area contributed by atoms with Gasteiger partial charge in [0.05, 0.1) is 11.5 Å². The zero-order chi connectivity index (χ0) is 18.2. The average Bonchev–Trinajstić information content (AvgIpc) is 2.57. The Bertz CT molecular complexity index is 862. The summed E-state index contributed by atoms with van der Waals surface area (Å²) in [5, 5.41) is 3.16. The zero-order valence-electron chi connectivity index (χ0n) is 13.1. The van der Waals surface area contributed by atoms with Crippen LogP contribution in [0.2, 0.25) is 0 Å². The molecule has 3 rings (SSSR count). The number of nitrogens with zero attached hydrogens (tertiary/aromatic N) is 2. The Labute approximate surface area is 145 Å². The topological polar surface area (TPSA) is 64.0 Å². The second-order valence-corrected chi connectivity index (χ2v) is 6.70. The van der Waals surface area contributed by atoms with Gasteiger partial charge in [-0.15, -0.1) is 0 Å². The fraction of sp³-hybridized carbons (Fsp3) is 0.312. The van der Waals surface area contributed by atoms with Crippen LogP contribution in [0, 0.1) is 12.8 Å². The van der Waals surface area contributed by atoms with Gasteiger partial charge in [-0.1, -0.05) is 11.8 Å². The number of aromatic nitrogens is 2. The van der Waals surface area contributed by atoms with E-state index in [0.717, 1.165) is 12.1 Å². The van der Waals surface area contributed by atoms with Crippen LogP contribution in [0.15, 0.2) is 40.4 Å². The summed E-state index contributed by atoms with van der Waals surface area (Å²) in [6.07, 6.45) is -2.91. The number of carbonyl (C=O) groups is 1. The minimum atomic E-state index is -4.42. The van der Waals surface area contributed by atoms with Crippen molar-refractivity contribution in [2.24, 2.45) is 5.92 Å². The van der Waals surface area contributed by atoms with Crippen molar-refractivity contribution in [3.05, 3.63) is 51.9 Å². The van der Waals surface area contributed by atoms with Crippen LogP contribution in [0.5, 0.6) is 0 Å². The van der Waals surface area contributed by atoms with Crippen LogP contribution < -0.4 is 10.9 Å². The first-order valence-electron chi connectivity index (χ1n) is 7.43. The van der Waals surface area contributed by atoms with Crippen molar-refractivity contribution < 1.29 is 18.0 Å². The molecule has 1 atom stereocenters. The lowest BCUT2D eigenvalue weighted by Crippen LogP contribution is -2.37. The number of anilines is 1. The third kappa shape index (κ3) is 3.71. The molecule has 0 fully saturated rings. The standard InChI is InChI=1S/C16H14F3N3O2S/c1-9-6-20-15-22(14(9)24)7-10(8-25-15)13(23)21-12-4-2-11(3-5-12)16(17,18)19/h2-6,10H,7-8H2,1H3,(H,21,23). The maximum absolute atomic E-state index is 12.6. The number of alkyl halides is 3. The molecule has 25 heavy (non-hydrogen) atoms. The third-order valence-electron chi connectivity index (χ3n) is 3.85. The summed E-state index contributed by atoms with van der Waals surface area (Å²) in [4.78, 5) is 28.7. The third-order valence-corrected chi connectivity index (χ3v) is 5.00. The highest BCUT2D eigenvalue weighted by molar-refractivity contribution is 7.99. The zero-order valence-corrected chi connectivity index (χ0v) is 13.9. The van der Waals surface area contributed by atoms with Crippen LogP contribution in [0.1, 0.15) is 11.1 Å². The number of fused-ring (bicyclic) bond motifs is 1. The minimum Gasteiger partial charge on any atom is -0.326 e. The van der Waals surface area contributed by atoms with Gasteiger partial charge in [0.15, 0.2) is 5.16 Å². The van der Waals surface area contributed by atoms with E-state index in [1.54, 1.807) is 6.92 Å². The molecule has 1 aromatic carbocycles. The van der Waals surface area contributed by atoms with Gasteiger partial charge in [-0.2, -0.15) is 13.2 Å². The fourth-order valence-electron chi connectivity index (χ4n) is 2.45.